The Morgan fingerprint density at radius 1 is 1.27 bits per heavy atom. The van der Waals surface area contributed by atoms with Gasteiger partial charge in [0.15, 0.2) is 0 Å². The maximum absolute atomic E-state index is 9.75. The molecule has 11 heavy (non-hydrogen) atoms. The van der Waals surface area contributed by atoms with E-state index in [0.717, 1.165) is 6.08 Å². The Balaban J connectivity index is -0.0000000817. The topological polar surface area (TPSA) is 68.8 Å². The molecule has 56 valence electrons. The van der Waals surface area contributed by atoms with Gasteiger partial charge >= 0.3 is 109 Å². The first-order valence-corrected chi connectivity index (χ1v) is 2.29. The van der Waals surface area contributed by atoms with Crippen molar-refractivity contribution in [2.75, 3.05) is 0 Å². The summed E-state index contributed by atoms with van der Waals surface area (Å²) in [4.78, 5) is 9.75. The van der Waals surface area contributed by atoms with E-state index in [0.29, 0.717) is 0 Å². The van der Waals surface area contributed by atoms with E-state index >= 15 is 0 Å². The van der Waals surface area contributed by atoms with Gasteiger partial charge in [0, 0.05) is 6.08 Å². The van der Waals surface area contributed by atoms with Gasteiger partial charge in [0.25, 0.3) is 0 Å². The third kappa shape index (κ3) is 24.5. The van der Waals surface area contributed by atoms with Crippen molar-refractivity contribution in [3.63, 3.8) is 0 Å². The van der Waals surface area contributed by atoms with Crippen LogP contribution in [0.2, 0.25) is 0 Å². The Morgan fingerprint density at radius 2 is 1.73 bits per heavy atom. The summed E-state index contributed by atoms with van der Waals surface area (Å²) < 4.78 is 0. The van der Waals surface area contributed by atoms with Crippen molar-refractivity contribution >= 4 is 109 Å². The first-order chi connectivity index (χ1) is 3.77. The summed E-state index contributed by atoms with van der Waals surface area (Å²) in [6.07, 6.45) is 5.98. The predicted octanol–water partition coefficient (Wildman–Crippen LogP) is -0.918. The summed E-state index contributed by atoms with van der Waals surface area (Å²) in [5.74, 6) is -0.914. The third-order valence-electron chi connectivity index (χ3n) is 0.542. The molecule has 3 nitrogen and oxygen atoms in total. The Bertz CT molecular complexity index is 132. The second-order valence-corrected chi connectivity index (χ2v) is 1.22. The SMILES string of the molecule is C/C=C/C=C/C(=O)O.O.[KH].[KH]. The van der Waals surface area contributed by atoms with Gasteiger partial charge in [-0.25, -0.2) is 4.79 Å². The average Bonchev–Trinajstić information content (AvgIpc) is 1.66. The molecule has 0 heterocycles. The molecule has 0 bridgehead atoms. The van der Waals surface area contributed by atoms with Gasteiger partial charge in [-0.05, 0) is 6.92 Å². The minimum atomic E-state index is -0.914. The summed E-state index contributed by atoms with van der Waals surface area (Å²) in [6, 6.07) is 0. The molecule has 0 aromatic carbocycles. The number of carboxylic acid groups (broad SMARTS) is 1. The van der Waals surface area contributed by atoms with Crippen LogP contribution >= 0.6 is 0 Å². The average molecular weight is 210 g/mol. The van der Waals surface area contributed by atoms with Gasteiger partial charge in [-0.3, -0.25) is 0 Å². The van der Waals surface area contributed by atoms with Crippen LogP contribution < -0.4 is 0 Å². The molecule has 0 amide bonds. The summed E-state index contributed by atoms with van der Waals surface area (Å²) in [7, 11) is 0. The Hall–Kier alpha value is 2.18. The van der Waals surface area contributed by atoms with Crippen molar-refractivity contribution in [2.45, 2.75) is 6.92 Å². The van der Waals surface area contributed by atoms with Gasteiger partial charge in [0.2, 0.25) is 0 Å². The van der Waals surface area contributed by atoms with E-state index in [1.807, 2.05) is 6.92 Å². The molecule has 0 aliphatic carbocycles. The first kappa shape index (κ1) is 23.2. The first-order valence-electron chi connectivity index (χ1n) is 2.29. The number of aliphatic carboxylic acids is 1. The Morgan fingerprint density at radius 3 is 2.00 bits per heavy atom. The Kier molecular flexibility index (Phi) is 38.1. The molecule has 0 spiro atoms. The number of hydrogen-bond donors (Lipinski definition) is 1. The second-order valence-electron chi connectivity index (χ2n) is 1.22. The molecule has 0 unspecified atom stereocenters. The van der Waals surface area contributed by atoms with Gasteiger partial charge in [-0.1, -0.05) is 18.2 Å². The van der Waals surface area contributed by atoms with E-state index in [1.165, 1.54) is 6.08 Å². The zero-order chi connectivity index (χ0) is 6.41. The zero-order valence-corrected chi connectivity index (χ0v) is 5.16. The van der Waals surface area contributed by atoms with E-state index in [-0.39, 0.29) is 108 Å². The standard InChI is InChI=1S/C6H8O2.2K.H2O.2H/c1-2-3-4-5-6(7)8;;;;;/h2-5H,1H3,(H,7,8);;;1H2;;/b3-2+,5-4+;;;;;. The normalized spacial score (nSPS) is 8.09. The maximum atomic E-state index is 9.75. The molecule has 0 aliphatic heterocycles. The van der Waals surface area contributed by atoms with Crippen LogP contribution in [0.1, 0.15) is 6.92 Å². The monoisotopic (exact) mass is 210 g/mol. The fourth-order valence-electron chi connectivity index (χ4n) is 0.249. The molecule has 5 heteroatoms. The van der Waals surface area contributed by atoms with Crippen molar-refractivity contribution in [1.29, 1.82) is 0 Å². The van der Waals surface area contributed by atoms with Crippen LogP contribution in [0.15, 0.2) is 24.3 Å². The molecule has 0 aliphatic rings. The number of carbonyl (C=O) groups is 1. The van der Waals surface area contributed by atoms with E-state index < -0.39 is 5.97 Å². The van der Waals surface area contributed by atoms with Crippen LogP contribution in [0.25, 0.3) is 0 Å². The summed E-state index contributed by atoms with van der Waals surface area (Å²) >= 11 is 0. The van der Waals surface area contributed by atoms with Crippen molar-refractivity contribution in [3.05, 3.63) is 24.3 Å². The quantitative estimate of drug-likeness (QED) is 0.364. The molecular formula is C6H12K2O3. The third-order valence-corrected chi connectivity index (χ3v) is 0.542. The van der Waals surface area contributed by atoms with Crippen LogP contribution in [-0.2, 0) is 4.79 Å². The fraction of sp³-hybridized carbons (Fsp3) is 0.167. The van der Waals surface area contributed by atoms with Gasteiger partial charge in [-0.15, -0.1) is 0 Å². The van der Waals surface area contributed by atoms with Gasteiger partial charge < -0.3 is 10.6 Å². The molecule has 0 rings (SSSR count). The predicted molar refractivity (Wildman–Crippen MR) is 49.5 cm³/mol. The molecule has 0 saturated carbocycles. The summed E-state index contributed by atoms with van der Waals surface area (Å²) in [5, 5.41) is 8.02. The van der Waals surface area contributed by atoms with Crippen molar-refractivity contribution in [3.8, 4) is 0 Å². The van der Waals surface area contributed by atoms with Crippen LogP contribution in [0, 0.1) is 0 Å². The summed E-state index contributed by atoms with van der Waals surface area (Å²) in [6.45, 7) is 1.83. The second kappa shape index (κ2) is 18.1. The van der Waals surface area contributed by atoms with E-state index in [2.05, 4.69) is 0 Å². The van der Waals surface area contributed by atoms with E-state index in [1.54, 1.807) is 12.2 Å². The van der Waals surface area contributed by atoms with Crippen LogP contribution in [0.3, 0.4) is 0 Å². The Labute approximate surface area is 151 Å². The van der Waals surface area contributed by atoms with Crippen molar-refractivity contribution in [2.24, 2.45) is 0 Å². The molecule has 0 atom stereocenters. The number of allylic oxidation sites excluding steroid dienone is 3. The molecular weight excluding hydrogens is 198 g/mol. The molecule has 0 fully saturated rings. The zero-order valence-electron chi connectivity index (χ0n) is 5.16. The van der Waals surface area contributed by atoms with Crippen molar-refractivity contribution < 1.29 is 15.4 Å². The number of carboxylic acids is 1. The fourth-order valence-corrected chi connectivity index (χ4v) is 0.249. The van der Waals surface area contributed by atoms with E-state index in [4.69, 9.17) is 5.11 Å². The van der Waals surface area contributed by atoms with Crippen LogP contribution in [-0.4, -0.2) is 119 Å². The van der Waals surface area contributed by atoms with Gasteiger partial charge in [0.05, 0.1) is 0 Å². The van der Waals surface area contributed by atoms with Crippen LogP contribution in [0.5, 0.6) is 0 Å². The molecule has 0 saturated heterocycles. The number of rotatable bonds is 2. The van der Waals surface area contributed by atoms with E-state index in [9.17, 15) is 4.79 Å². The summed E-state index contributed by atoms with van der Waals surface area (Å²) in [5.41, 5.74) is 0. The molecule has 0 aromatic rings. The molecule has 0 radical (unpaired) electrons. The number of hydrogen-bond acceptors (Lipinski definition) is 1. The molecule has 0 aromatic heterocycles. The minimum absolute atomic E-state index is 0. The van der Waals surface area contributed by atoms with Gasteiger partial charge in [0.1, 0.15) is 0 Å². The van der Waals surface area contributed by atoms with Crippen molar-refractivity contribution in [1.82, 2.24) is 0 Å². The molecule has 3 N–H and O–H groups in total. The van der Waals surface area contributed by atoms with Crippen LogP contribution in [0.4, 0.5) is 0 Å². The van der Waals surface area contributed by atoms with Gasteiger partial charge in [-0.2, -0.15) is 0 Å².